The van der Waals surface area contributed by atoms with Gasteiger partial charge in [-0.1, -0.05) is 13.0 Å². The van der Waals surface area contributed by atoms with E-state index in [1.54, 1.807) is 18.0 Å². The summed E-state index contributed by atoms with van der Waals surface area (Å²) in [5.41, 5.74) is 0.912. The van der Waals surface area contributed by atoms with Crippen LogP contribution >= 0.6 is 0 Å². The molecule has 2 heterocycles. The summed E-state index contributed by atoms with van der Waals surface area (Å²) in [4.78, 5) is 24.8. The van der Waals surface area contributed by atoms with E-state index >= 15 is 0 Å². The van der Waals surface area contributed by atoms with Crippen LogP contribution in [0.15, 0.2) is 29.0 Å². The highest BCUT2D eigenvalue weighted by Crippen LogP contribution is 2.19. The van der Waals surface area contributed by atoms with Crippen molar-refractivity contribution in [1.29, 1.82) is 0 Å². The zero-order valence-electron chi connectivity index (χ0n) is 10.3. The number of hydrazone groups is 1. The number of hydrogen-bond donors (Lipinski definition) is 1. The van der Waals surface area contributed by atoms with Gasteiger partial charge in [0.1, 0.15) is 6.54 Å². The van der Waals surface area contributed by atoms with Crippen molar-refractivity contribution in [1.82, 2.24) is 9.91 Å². The molecule has 0 spiro atoms. The number of amidine groups is 1. The fourth-order valence-electron chi connectivity index (χ4n) is 2.00. The summed E-state index contributed by atoms with van der Waals surface area (Å²) >= 11 is 0. The lowest BCUT2D eigenvalue weighted by Gasteiger charge is -2.35. The van der Waals surface area contributed by atoms with E-state index in [0.717, 1.165) is 10.6 Å². The van der Waals surface area contributed by atoms with Gasteiger partial charge in [-0.05, 0) is 25.0 Å². The van der Waals surface area contributed by atoms with Gasteiger partial charge in [-0.15, -0.1) is 0 Å². The molecule has 0 saturated carbocycles. The number of carboxylic acids is 1. The molecule has 0 fully saturated rings. The highest BCUT2D eigenvalue weighted by Gasteiger charge is 2.34. The normalized spacial score (nSPS) is 20.2. The third-order valence-corrected chi connectivity index (χ3v) is 2.97. The van der Waals surface area contributed by atoms with Crippen LogP contribution < -0.4 is 0 Å². The first-order valence-corrected chi connectivity index (χ1v) is 5.80. The molecule has 2 aliphatic rings. The topological polar surface area (TPSA) is 73.2 Å². The van der Waals surface area contributed by atoms with Crippen LogP contribution in [-0.4, -0.2) is 45.3 Å². The first-order chi connectivity index (χ1) is 8.54. The second-order valence-electron chi connectivity index (χ2n) is 4.24. The minimum Gasteiger partial charge on any atom is -0.480 e. The number of allylic oxidation sites excluding steroid dienone is 2. The zero-order chi connectivity index (χ0) is 13.3. The third kappa shape index (κ3) is 2.01. The van der Waals surface area contributed by atoms with Gasteiger partial charge in [0.25, 0.3) is 5.91 Å². The van der Waals surface area contributed by atoms with E-state index in [4.69, 9.17) is 5.11 Å². The molecule has 2 aliphatic heterocycles. The fourth-order valence-corrected chi connectivity index (χ4v) is 2.00. The van der Waals surface area contributed by atoms with Crippen molar-refractivity contribution in [2.45, 2.75) is 26.3 Å². The van der Waals surface area contributed by atoms with Crippen LogP contribution in [0.2, 0.25) is 0 Å². The third-order valence-electron chi connectivity index (χ3n) is 2.97. The molecule has 96 valence electrons. The maximum absolute atomic E-state index is 11.9. The number of nitrogens with zero attached hydrogens (tertiary/aromatic N) is 3. The first-order valence-electron chi connectivity index (χ1n) is 5.80. The van der Waals surface area contributed by atoms with Crippen molar-refractivity contribution < 1.29 is 14.7 Å². The lowest BCUT2D eigenvalue weighted by molar-refractivity contribution is -0.151. The van der Waals surface area contributed by atoms with Crippen molar-refractivity contribution >= 4 is 17.7 Å². The van der Waals surface area contributed by atoms with E-state index in [9.17, 15) is 9.59 Å². The van der Waals surface area contributed by atoms with Gasteiger partial charge in [0, 0.05) is 6.20 Å². The molecular formula is C12H15N3O3. The Bertz CT molecular complexity index is 479. The minimum atomic E-state index is -1.03. The van der Waals surface area contributed by atoms with Crippen LogP contribution in [0, 0.1) is 0 Å². The molecule has 1 atom stereocenters. The lowest BCUT2D eigenvalue weighted by atomic mass is 10.1. The molecule has 0 aromatic rings. The molecule has 0 aliphatic carbocycles. The first kappa shape index (κ1) is 12.3. The summed E-state index contributed by atoms with van der Waals surface area (Å²) < 4.78 is 0. The molecule has 2 rings (SSSR count). The van der Waals surface area contributed by atoms with Gasteiger partial charge in [-0.3, -0.25) is 4.79 Å². The highest BCUT2D eigenvalue weighted by molar-refractivity contribution is 6.04. The van der Waals surface area contributed by atoms with Crippen molar-refractivity contribution in [3.63, 3.8) is 0 Å². The number of carbonyl (C=O) groups is 2. The molecule has 18 heavy (non-hydrogen) atoms. The summed E-state index contributed by atoms with van der Waals surface area (Å²) in [6.07, 6.45) is 5.82. The summed E-state index contributed by atoms with van der Waals surface area (Å²) in [5.74, 6) is -0.694. The van der Waals surface area contributed by atoms with Gasteiger partial charge in [-0.25, -0.2) is 9.80 Å². The molecule has 0 bridgehead atoms. The predicted molar refractivity (Wildman–Crippen MR) is 65.6 cm³/mol. The quantitative estimate of drug-likeness (QED) is 0.802. The molecule has 6 nitrogen and oxygen atoms in total. The number of carbonyl (C=O) groups excluding carboxylic acids is 1. The molecule has 0 radical (unpaired) electrons. The fraction of sp³-hybridized carbons (Fsp3) is 0.417. The molecule has 0 aromatic heterocycles. The Morgan fingerprint density at radius 1 is 1.61 bits per heavy atom. The molecule has 0 saturated heterocycles. The van der Waals surface area contributed by atoms with Crippen LogP contribution in [-0.2, 0) is 9.59 Å². The molecular weight excluding hydrogens is 234 g/mol. The SMILES string of the molecule is CCC(C(=O)O)N1N=C2C(C)=CC=CN2CC1=O. The molecule has 1 unspecified atom stereocenters. The van der Waals surface area contributed by atoms with Crippen LogP contribution in [0.4, 0.5) is 0 Å². The summed E-state index contributed by atoms with van der Waals surface area (Å²) in [7, 11) is 0. The van der Waals surface area contributed by atoms with Gasteiger partial charge in [0.15, 0.2) is 11.9 Å². The standard InChI is InChI=1S/C12H15N3O3/c1-3-9(12(17)18)15-10(16)7-14-6-4-5-8(2)11(14)13-15/h4-6,9H,3,7H2,1-2H3,(H,17,18). The summed E-state index contributed by atoms with van der Waals surface area (Å²) in [6.45, 7) is 3.73. The Morgan fingerprint density at radius 3 is 2.94 bits per heavy atom. The van der Waals surface area contributed by atoms with Gasteiger partial charge >= 0.3 is 5.97 Å². The summed E-state index contributed by atoms with van der Waals surface area (Å²) in [5, 5.41) is 14.4. The average molecular weight is 249 g/mol. The van der Waals surface area contributed by atoms with E-state index in [1.165, 1.54) is 0 Å². The number of hydrogen-bond acceptors (Lipinski definition) is 4. The monoisotopic (exact) mass is 249 g/mol. The van der Waals surface area contributed by atoms with Crippen LogP contribution in [0.5, 0.6) is 0 Å². The van der Waals surface area contributed by atoms with Gasteiger partial charge in [0.2, 0.25) is 0 Å². The van der Waals surface area contributed by atoms with Crippen LogP contribution in [0.1, 0.15) is 20.3 Å². The maximum atomic E-state index is 11.9. The predicted octanol–water partition coefficient (Wildman–Crippen LogP) is 0.781. The van der Waals surface area contributed by atoms with Crippen LogP contribution in [0.3, 0.4) is 0 Å². The Hall–Kier alpha value is -2.11. The van der Waals surface area contributed by atoms with Gasteiger partial charge in [0.05, 0.1) is 0 Å². The van der Waals surface area contributed by atoms with Crippen molar-refractivity contribution in [2.75, 3.05) is 6.54 Å². The van der Waals surface area contributed by atoms with Crippen molar-refractivity contribution in [2.24, 2.45) is 5.10 Å². The molecule has 1 N–H and O–H groups in total. The Balaban J connectivity index is 2.36. The Labute approximate surface area is 105 Å². The average Bonchev–Trinajstić information content (AvgIpc) is 2.31. The smallest absolute Gasteiger partial charge is 0.328 e. The number of carboxylic acid groups (broad SMARTS) is 1. The highest BCUT2D eigenvalue weighted by atomic mass is 16.4. The Morgan fingerprint density at radius 2 is 2.33 bits per heavy atom. The number of fused-ring (bicyclic) bond motifs is 1. The second kappa shape index (κ2) is 4.64. The van der Waals surface area contributed by atoms with E-state index in [0.29, 0.717) is 12.3 Å². The Kier molecular flexibility index (Phi) is 3.18. The minimum absolute atomic E-state index is 0.129. The number of amides is 1. The van der Waals surface area contributed by atoms with E-state index in [-0.39, 0.29) is 12.5 Å². The van der Waals surface area contributed by atoms with Crippen molar-refractivity contribution in [3.8, 4) is 0 Å². The number of rotatable bonds is 3. The zero-order valence-corrected chi connectivity index (χ0v) is 10.3. The van der Waals surface area contributed by atoms with Crippen LogP contribution in [0.25, 0.3) is 0 Å². The largest absolute Gasteiger partial charge is 0.480 e. The van der Waals surface area contributed by atoms with E-state index in [1.807, 2.05) is 19.1 Å². The molecule has 6 heteroatoms. The summed E-state index contributed by atoms with van der Waals surface area (Å²) in [6, 6.07) is -0.897. The lowest BCUT2D eigenvalue weighted by Crippen LogP contribution is -2.51. The maximum Gasteiger partial charge on any atom is 0.328 e. The number of aliphatic carboxylic acids is 1. The van der Waals surface area contributed by atoms with Crippen molar-refractivity contribution in [3.05, 3.63) is 23.9 Å². The van der Waals surface area contributed by atoms with E-state index in [2.05, 4.69) is 5.10 Å². The van der Waals surface area contributed by atoms with Gasteiger partial charge < -0.3 is 10.0 Å². The van der Waals surface area contributed by atoms with E-state index < -0.39 is 12.0 Å². The van der Waals surface area contributed by atoms with Gasteiger partial charge in [-0.2, -0.15) is 5.10 Å². The second-order valence-corrected chi connectivity index (χ2v) is 4.24. The molecule has 0 aromatic carbocycles. The molecule has 1 amide bonds.